The van der Waals surface area contributed by atoms with Crippen molar-refractivity contribution in [3.8, 4) is 0 Å². The van der Waals surface area contributed by atoms with E-state index in [0.29, 0.717) is 0 Å². The molecule has 4 heteroatoms. The average molecular weight is 139 g/mol. The van der Waals surface area contributed by atoms with Gasteiger partial charge in [0.05, 0.1) is 0 Å². The smallest absolute Gasteiger partial charge is 0.241 e. The summed E-state index contributed by atoms with van der Waals surface area (Å²) in [5, 5.41) is 2.85. The minimum absolute atomic E-state index is 0.532. The molecule has 4 nitrogen and oxygen atoms in total. The molecule has 0 aromatic heterocycles. The van der Waals surface area contributed by atoms with E-state index in [1.165, 1.54) is 6.08 Å². The zero-order valence-corrected chi connectivity index (χ0v) is 5.82. The van der Waals surface area contributed by atoms with Gasteiger partial charge in [0.15, 0.2) is 0 Å². The van der Waals surface area contributed by atoms with E-state index in [-0.39, 0.29) is 0 Å². The van der Waals surface area contributed by atoms with Gasteiger partial charge in [0.1, 0.15) is 0 Å². The van der Waals surface area contributed by atoms with Gasteiger partial charge in [-0.2, -0.15) is 0 Å². The van der Waals surface area contributed by atoms with Crippen molar-refractivity contribution in [2.24, 2.45) is 5.11 Å². The van der Waals surface area contributed by atoms with E-state index >= 15 is 0 Å². The Hall–Kier alpha value is -1.28. The molecule has 0 saturated carbocycles. The molecule has 54 valence electrons. The second-order valence-corrected chi connectivity index (χ2v) is 1.72. The third kappa shape index (κ3) is 4.87. The SMILES string of the molecule is CCC/C=C/C(=O)N=[N+]=[N-]. The molecule has 1 amide bonds. The van der Waals surface area contributed by atoms with Crippen LogP contribution in [0.5, 0.6) is 0 Å². The van der Waals surface area contributed by atoms with Gasteiger partial charge in [0, 0.05) is 4.91 Å². The lowest BCUT2D eigenvalue weighted by Gasteiger charge is -1.80. The Balaban J connectivity index is 3.66. The van der Waals surface area contributed by atoms with Crippen LogP contribution in [0.25, 0.3) is 10.4 Å². The van der Waals surface area contributed by atoms with Crippen molar-refractivity contribution < 1.29 is 4.79 Å². The lowest BCUT2D eigenvalue weighted by atomic mass is 10.3. The largest absolute Gasteiger partial charge is 0.288 e. The lowest BCUT2D eigenvalue weighted by Crippen LogP contribution is -1.81. The minimum Gasteiger partial charge on any atom is -0.288 e. The highest BCUT2D eigenvalue weighted by molar-refractivity contribution is 5.88. The van der Waals surface area contributed by atoms with E-state index in [0.717, 1.165) is 12.8 Å². The molecule has 0 saturated heterocycles. The first-order valence-corrected chi connectivity index (χ1v) is 3.07. The molecule has 0 spiro atoms. The lowest BCUT2D eigenvalue weighted by molar-refractivity contribution is -0.113. The summed E-state index contributed by atoms with van der Waals surface area (Å²) in [5.74, 6) is -0.532. The van der Waals surface area contributed by atoms with Crippen LogP contribution in [0.2, 0.25) is 0 Å². The van der Waals surface area contributed by atoms with Gasteiger partial charge in [0.2, 0.25) is 5.91 Å². The number of rotatable bonds is 3. The zero-order chi connectivity index (χ0) is 7.82. The molecule has 0 radical (unpaired) electrons. The molecular formula is C6H9N3O. The molecule has 0 rings (SSSR count). The average Bonchev–Trinajstić information content (AvgIpc) is 1.89. The number of carbonyl (C=O) groups is 1. The van der Waals surface area contributed by atoms with Gasteiger partial charge in [0.25, 0.3) is 0 Å². The summed E-state index contributed by atoms with van der Waals surface area (Å²) < 4.78 is 0. The third-order valence-electron chi connectivity index (χ3n) is 0.859. The Morgan fingerprint density at radius 1 is 1.80 bits per heavy atom. The van der Waals surface area contributed by atoms with Gasteiger partial charge in [-0.25, -0.2) is 0 Å². The normalized spacial score (nSPS) is 9.30. The third-order valence-corrected chi connectivity index (χ3v) is 0.859. The summed E-state index contributed by atoms with van der Waals surface area (Å²) in [5.41, 5.74) is 7.80. The summed E-state index contributed by atoms with van der Waals surface area (Å²) >= 11 is 0. The van der Waals surface area contributed by atoms with Gasteiger partial charge in [-0.1, -0.05) is 19.4 Å². The van der Waals surface area contributed by atoms with Crippen molar-refractivity contribution in [1.29, 1.82) is 0 Å². The highest BCUT2D eigenvalue weighted by atomic mass is 16.1. The van der Waals surface area contributed by atoms with Crippen LogP contribution in [-0.4, -0.2) is 5.91 Å². The second kappa shape index (κ2) is 5.85. The standard InChI is InChI=1S/C6H9N3O/c1-2-3-4-5-6(10)8-9-7/h4-5H,2-3H2,1H3/b5-4+. The summed E-state index contributed by atoms with van der Waals surface area (Å²) in [7, 11) is 0. The Bertz CT molecular complexity index is 179. The number of unbranched alkanes of at least 4 members (excludes halogenated alkanes) is 1. The fraction of sp³-hybridized carbons (Fsp3) is 0.500. The van der Waals surface area contributed by atoms with Gasteiger partial charge >= 0.3 is 0 Å². The molecule has 0 atom stereocenters. The Morgan fingerprint density at radius 3 is 3.00 bits per heavy atom. The van der Waals surface area contributed by atoms with Crippen molar-refractivity contribution in [2.75, 3.05) is 0 Å². The Kier molecular flexibility index (Phi) is 5.10. The van der Waals surface area contributed by atoms with Crippen LogP contribution in [0.15, 0.2) is 17.3 Å². The number of allylic oxidation sites excluding steroid dienone is 1. The molecule has 0 aliphatic carbocycles. The first-order valence-electron chi connectivity index (χ1n) is 3.07. The van der Waals surface area contributed by atoms with Crippen molar-refractivity contribution in [3.05, 3.63) is 22.6 Å². The molecule has 0 heterocycles. The van der Waals surface area contributed by atoms with E-state index in [4.69, 9.17) is 5.53 Å². The van der Waals surface area contributed by atoms with E-state index in [1.54, 1.807) is 6.08 Å². The van der Waals surface area contributed by atoms with Gasteiger partial charge in [-0.05, 0) is 23.1 Å². The van der Waals surface area contributed by atoms with E-state index < -0.39 is 5.91 Å². The first kappa shape index (κ1) is 8.72. The molecule has 0 fully saturated rings. The molecule has 0 N–H and O–H groups in total. The van der Waals surface area contributed by atoms with E-state index in [1.807, 2.05) is 6.92 Å². The number of azide groups is 1. The molecular weight excluding hydrogens is 130 g/mol. The number of hydrogen-bond donors (Lipinski definition) is 0. The Morgan fingerprint density at radius 2 is 2.50 bits per heavy atom. The number of hydrogen-bond acceptors (Lipinski definition) is 1. The fourth-order valence-electron chi connectivity index (χ4n) is 0.428. The van der Waals surface area contributed by atoms with Crippen molar-refractivity contribution in [2.45, 2.75) is 19.8 Å². The van der Waals surface area contributed by atoms with Crippen LogP contribution in [0, 0.1) is 0 Å². The molecule has 0 unspecified atom stereocenters. The maximum Gasteiger partial charge on any atom is 0.241 e. The molecule has 0 bridgehead atoms. The topological polar surface area (TPSA) is 65.8 Å². The quantitative estimate of drug-likeness (QED) is 0.256. The predicted octanol–water partition coefficient (Wildman–Crippen LogP) is 2.18. The molecule has 0 aliphatic rings. The van der Waals surface area contributed by atoms with Crippen LogP contribution < -0.4 is 0 Å². The number of carbonyl (C=O) groups excluding carboxylic acids is 1. The van der Waals surface area contributed by atoms with Crippen LogP contribution in [0.4, 0.5) is 0 Å². The van der Waals surface area contributed by atoms with Gasteiger partial charge in [-0.15, -0.1) is 0 Å². The summed E-state index contributed by atoms with van der Waals surface area (Å²) in [6.07, 6.45) is 4.80. The van der Waals surface area contributed by atoms with E-state index in [2.05, 4.69) is 10.0 Å². The monoisotopic (exact) mass is 139 g/mol. The van der Waals surface area contributed by atoms with E-state index in [9.17, 15) is 4.79 Å². The molecule has 0 aromatic carbocycles. The van der Waals surface area contributed by atoms with Crippen molar-refractivity contribution in [3.63, 3.8) is 0 Å². The highest BCUT2D eigenvalue weighted by Gasteiger charge is 1.85. The maximum absolute atomic E-state index is 10.4. The van der Waals surface area contributed by atoms with Gasteiger partial charge < -0.3 is 0 Å². The van der Waals surface area contributed by atoms with Crippen molar-refractivity contribution >= 4 is 5.91 Å². The first-order chi connectivity index (χ1) is 4.81. The maximum atomic E-state index is 10.4. The van der Waals surface area contributed by atoms with Crippen LogP contribution in [-0.2, 0) is 4.79 Å². The predicted molar refractivity (Wildman–Crippen MR) is 38.2 cm³/mol. The number of amides is 1. The van der Waals surface area contributed by atoms with Crippen LogP contribution >= 0.6 is 0 Å². The fourth-order valence-corrected chi connectivity index (χ4v) is 0.428. The van der Waals surface area contributed by atoms with Crippen LogP contribution in [0.3, 0.4) is 0 Å². The summed E-state index contributed by atoms with van der Waals surface area (Å²) in [6, 6.07) is 0. The number of nitrogens with zero attached hydrogens (tertiary/aromatic N) is 3. The second-order valence-electron chi connectivity index (χ2n) is 1.72. The summed E-state index contributed by atoms with van der Waals surface area (Å²) in [6.45, 7) is 2.00. The highest BCUT2D eigenvalue weighted by Crippen LogP contribution is 1.89. The Labute approximate surface area is 59.2 Å². The minimum atomic E-state index is -0.532. The zero-order valence-electron chi connectivity index (χ0n) is 5.82. The molecule has 0 aliphatic heterocycles. The summed E-state index contributed by atoms with van der Waals surface area (Å²) in [4.78, 5) is 12.7. The van der Waals surface area contributed by atoms with Gasteiger partial charge in [-0.3, -0.25) is 4.79 Å². The van der Waals surface area contributed by atoms with Crippen molar-refractivity contribution in [1.82, 2.24) is 0 Å². The van der Waals surface area contributed by atoms with Crippen LogP contribution in [0.1, 0.15) is 19.8 Å². The molecule has 0 aromatic rings. The molecule has 10 heavy (non-hydrogen) atoms.